The molecule has 1 N–H and O–H groups in total. The molecule has 0 aliphatic carbocycles. The van der Waals surface area contributed by atoms with Crippen LogP contribution in [0.25, 0.3) is 0 Å². The Kier molecular flexibility index (Phi) is 5.33. The number of halogens is 1. The van der Waals surface area contributed by atoms with Crippen LogP contribution < -0.4 is 5.32 Å². The fraction of sp³-hybridized carbons (Fsp3) is 0.462. The highest BCUT2D eigenvalue weighted by atomic mass is 35.5. The van der Waals surface area contributed by atoms with E-state index < -0.39 is 0 Å². The summed E-state index contributed by atoms with van der Waals surface area (Å²) in [6.45, 7) is 4.07. The zero-order chi connectivity index (χ0) is 12.0. The van der Waals surface area contributed by atoms with Crippen molar-refractivity contribution in [3.05, 3.63) is 34.9 Å². The second-order valence-corrected chi connectivity index (χ2v) is 4.44. The summed E-state index contributed by atoms with van der Waals surface area (Å²) in [6, 6.07) is 7.89. The van der Waals surface area contributed by atoms with Gasteiger partial charge in [0.15, 0.2) is 0 Å². The van der Waals surface area contributed by atoms with E-state index >= 15 is 0 Å². The maximum atomic E-state index is 11.5. The van der Waals surface area contributed by atoms with E-state index in [1.165, 1.54) is 0 Å². The number of carbonyl (C=O) groups excluding carboxylic acids is 1. The van der Waals surface area contributed by atoms with Crippen molar-refractivity contribution in [3.8, 4) is 0 Å². The van der Waals surface area contributed by atoms with Crippen molar-refractivity contribution in [2.45, 2.75) is 39.2 Å². The minimum absolute atomic E-state index is 0.106. The van der Waals surface area contributed by atoms with Crippen LogP contribution in [0.15, 0.2) is 24.3 Å². The molecule has 0 aliphatic heterocycles. The Labute approximate surface area is 102 Å². The van der Waals surface area contributed by atoms with E-state index in [2.05, 4.69) is 12.2 Å². The van der Waals surface area contributed by atoms with Gasteiger partial charge in [-0.3, -0.25) is 4.79 Å². The zero-order valence-electron chi connectivity index (χ0n) is 9.79. The molecule has 1 aromatic carbocycles. The molecule has 3 heteroatoms. The number of aryl methyl sites for hydroxylation is 1. The summed E-state index contributed by atoms with van der Waals surface area (Å²) < 4.78 is 0. The van der Waals surface area contributed by atoms with E-state index in [-0.39, 0.29) is 11.9 Å². The van der Waals surface area contributed by atoms with E-state index in [0.717, 1.165) is 23.4 Å². The Balaban J connectivity index is 2.37. The maximum absolute atomic E-state index is 11.5. The van der Waals surface area contributed by atoms with Crippen molar-refractivity contribution in [2.24, 2.45) is 0 Å². The summed E-state index contributed by atoms with van der Waals surface area (Å²) in [4.78, 5) is 11.5. The van der Waals surface area contributed by atoms with Gasteiger partial charge in [-0.25, -0.2) is 0 Å². The van der Waals surface area contributed by atoms with Gasteiger partial charge in [0, 0.05) is 17.5 Å². The van der Waals surface area contributed by atoms with Crippen molar-refractivity contribution in [3.63, 3.8) is 0 Å². The molecule has 0 spiro atoms. The van der Waals surface area contributed by atoms with Gasteiger partial charge >= 0.3 is 0 Å². The van der Waals surface area contributed by atoms with E-state index in [4.69, 9.17) is 11.6 Å². The number of benzene rings is 1. The lowest BCUT2D eigenvalue weighted by Gasteiger charge is -2.11. The first kappa shape index (κ1) is 13.0. The predicted molar refractivity (Wildman–Crippen MR) is 67.7 cm³/mol. The van der Waals surface area contributed by atoms with Crippen molar-refractivity contribution in [1.29, 1.82) is 0 Å². The van der Waals surface area contributed by atoms with Gasteiger partial charge in [0.25, 0.3) is 0 Å². The van der Waals surface area contributed by atoms with Crippen LogP contribution in [0.3, 0.4) is 0 Å². The van der Waals surface area contributed by atoms with Crippen LogP contribution in [0.5, 0.6) is 0 Å². The molecule has 16 heavy (non-hydrogen) atoms. The Hall–Kier alpha value is -1.02. The van der Waals surface area contributed by atoms with Gasteiger partial charge in [0.2, 0.25) is 5.91 Å². The third kappa shape index (κ3) is 4.67. The van der Waals surface area contributed by atoms with Crippen molar-refractivity contribution < 1.29 is 4.79 Å². The fourth-order valence-corrected chi connectivity index (χ4v) is 1.61. The molecule has 0 saturated heterocycles. The SMILES string of the molecule is CCC(C)NC(=O)CCc1cccc(Cl)c1. The number of hydrogen-bond donors (Lipinski definition) is 1. The van der Waals surface area contributed by atoms with Crippen LogP contribution in [0.2, 0.25) is 5.02 Å². The standard InChI is InChI=1S/C13H18ClNO/c1-3-10(2)15-13(16)8-7-11-5-4-6-12(14)9-11/h4-6,9-10H,3,7-8H2,1-2H3,(H,15,16). The fourth-order valence-electron chi connectivity index (χ4n) is 1.40. The van der Waals surface area contributed by atoms with Gasteiger partial charge in [0.1, 0.15) is 0 Å². The largest absolute Gasteiger partial charge is 0.354 e. The Morgan fingerprint density at radius 1 is 1.50 bits per heavy atom. The molecule has 1 aromatic rings. The Morgan fingerprint density at radius 2 is 2.25 bits per heavy atom. The van der Waals surface area contributed by atoms with E-state index in [1.807, 2.05) is 31.2 Å². The predicted octanol–water partition coefficient (Wildman–Crippen LogP) is 3.19. The molecule has 1 rings (SSSR count). The van der Waals surface area contributed by atoms with Gasteiger partial charge < -0.3 is 5.32 Å². The molecule has 0 aliphatic rings. The monoisotopic (exact) mass is 239 g/mol. The molecule has 0 saturated carbocycles. The van der Waals surface area contributed by atoms with E-state index in [1.54, 1.807) is 0 Å². The number of carbonyl (C=O) groups is 1. The van der Waals surface area contributed by atoms with Crippen LogP contribution in [-0.2, 0) is 11.2 Å². The second-order valence-electron chi connectivity index (χ2n) is 4.01. The lowest BCUT2D eigenvalue weighted by Crippen LogP contribution is -2.31. The van der Waals surface area contributed by atoms with Crippen LogP contribution in [0.4, 0.5) is 0 Å². The summed E-state index contributed by atoms with van der Waals surface area (Å²) in [5.41, 5.74) is 1.10. The van der Waals surface area contributed by atoms with E-state index in [0.29, 0.717) is 6.42 Å². The Morgan fingerprint density at radius 3 is 2.88 bits per heavy atom. The third-order valence-corrected chi connectivity index (χ3v) is 2.78. The summed E-state index contributed by atoms with van der Waals surface area (Å²) in [6.07, 6.45) is 2.22. The minimum Gasteiger partial charge on any atom is -0.354 e. The first-order valence-electron chi connectivity index (χ1n) is 5.65. The van der Waals surface area contributed by atoms with Crippen molar-refractivity contribution in [1.82, 2.24) is 5.32 Å². The number of nitrogens with one attached hydrogen (secondary N) is 1. The number of rotatable bonds is 5. The number of amides is 1. The third-order valence-electron chi connectivity index (χ3n) is 2.55. The lowest BCUT2D eigenvalue weighted by atomic mass is 10.1. The summed E-state index contributed by atoms with van der Waals surface area (Å²) in [5.74, 6) is 0.106. The highest BCUT2D eigenvalue weighted by Crippen LogP contribution is 2.12. The van der Waals surface area contributed by atoms with E-state index in [9.17, 15) is 4.79 Å². The average Bonchev–Trinajstić information content (AvgIpc) is 2.26. The second kappa shape index (κ2) is 6.54. The average molecular weight is 240 g/mol. The summed E-state index contributed by atoms with van der Waals surface area (Å²) in [5, 5.41) is 3.66. The number of hydrogen-bond acceptors (Lipinski definition) is 1. The van der Waals surface area contributed by atoms with Crippen LogP contribution in [0, 0.1) is 0 Å². The summed E-state index contributed by atoms with van der Waals surface area (Å²) in [7, 11) is 0. The van der Waals surface area contributed by atoms with Crippen LogP contribution in [-0.4, -0.2) is 11.9 Å². The summed E-state index contributed by atoms with van der Waals surface area (Å²) >= 11 is 5.87. The highest BCUT2D eigenvalue weighted by Gasteiger charge is 2.05. The van der Waals surface area contributed by atoms with Gasteiger partial charge in [-0.2, -0.15) is 0 Å². The van der Waals surface area contributed by atoms with Crippen LogP contribution >= 0.6 is 11.6 Å². The molecular formula is C13H18ClNO. The topological polar surface area (TPSA) is 29.1 Å². The molecule has 2 nitrogen and oxygen atoms in total. The van der Waals surface area contributed by atoms with Gasteiger partial charge in [-0.1, -0.05) is 30.7 Å². The molecule has 1 unspecified atom stereocenters. The first-order valence-corrected chi connectivity index (χ1v) is 6.03. The van der Waals surface area contributed by atoms with Crippen molar-refractivity contribution >= 4 is 17.5 Å². The first-order chi connectivity index (χ1) is 7.61. The molecule has 0 fully saturated rings. The molecular weight excluding hydrogens is 222 g/mol. The molecule has 1 atom stereocenters. The quantitative estimate of drug-likeness (QED) is 0.840. The minimum atomic E-state index is 0.106. The lowest BCUT2D eigenvalue weighted by molar-refractivity contribution is -0.121. The van der Waals surface area contributed by atoms with Gasteiger partial charge in [-0.05, 0) is 37.5 Å². The van der Waals surface area contributed by atoms with Gasteiger partial charge in [0.05, 0.1) is 0 Å². The van der Waals surface area contributed by atoms with Crippen LogP contribution in [0.1, 0.15) is 32.3 Å². The molecule has 0 aromatic heterocycles. The maximum Gasteiger partial charge on any atom is 0.220 e. The molecule has 1 amide bonds. The molecule has 0 radical (unpaired) electrons. The van der Waals surface area contributed by atoms with Crippen molar-refractivity contribution in [2.75, 3.05) is 0 Å². The smallest absolute Gasteiger partial charge is 0.220 e. The normalized spacial score (nSPS) is 12.2. The molecule has 88 valence electrons. The highest BCUT2D eigenvalue weighted by molar-refractivity contribution is 6.30. The van der Waals surface area contributed by atoms with Gasteiger partial charge in [-0.15, -0.1) is 0 Å². The molecule has 0 bridgehead atoms. The zero-order valence-corrected chi connectivity index (χ0v) is 10.6. The Bertz CT molecular complexity index is 352. The molecule has 0 heterocycles.